The summed E-state index contributed by atoms with van der Waals surface area (Å²) in [5, 5.41) is 4.59. The van der Waals surface area contributed by atoms with E-state index in [0.29, 0.717) is 42.9 Å². The second kappa shape index (κ2) is 6.94. The number of carbonyl (C=O) groups is 1. The first-order valence-corrected chi connectivity index (χ1v) is 10.3. The van der Waals surface area contributed by atoms with Crippen molar-refractivity contribution in [1.29, 1.82) is 0 Å². The number of hydrogen-bond acceptors (Lipinski definition) is 5. The van der Waals surface area contributed by atoms with Gasteiger partial charge in [-0.15, -0.1) is 0 Å². The fourth-order valence-corrected chi connectivity index (χ4v) is 5.22. The summed E-state index contributed by atoms with van der Waals surface area (Å²) in [4.78, 5) is 18.6. The van der Waals surface area contributed by atoms with Gasteiger partial charge in [-0.3, -0.25) is 9.78 Å². The molecular formula is C18H22N4O3S. The van der Waals surface area contributed by atoms with Crippen LogP contribution in [-0.2, 0) is 14.8 Å². The summed E-state index contributed by atoms with van der Waals surface area (Å²) in [5.74, 6) is 0.183. The number of pyridine rings is 1. The molecule has 0 unspecified atom stereocenters. The lowest BCUT2D eigenvalue weighted by molar-refractivity contribution is -0.136. The van der Waals surface area contributed by atoms with Crippen LogP contribution >= 0.6 is 0 Å². The summed E-state index contributed by atoms with van der Waals surface area (Å²) < 4.78 is 28.0. The van der Waals surface area contributed by atoms with Crippen LogP contribution in [0.3, 0.4) is 0 Å². The van der Waals surface area contributed by atoms with Crippen molar-refractivity contribution in [1.82, 2.24) is 19.5 Å². The summed E-state index contributed by atoms with van der Waals surface area (Å²) in [6, 6.07) is 6.98. The number of benzene rings is 1. The molecule has 2 fully saturated rings. The highest BCUT2D eigenvalue weighted by Gasteiger charge is 2.33. The van der Waals surface area contributed by atoms with Crippen molar-refractivity contribution in [2.45, 2.75) is 11.3 Å². The van der Waals surface area contributed by atoms with Gasteiger partial charge in [0.15, 0.2) is 0 Å². The number of carbonyl (C=O) groups excluding carboxylic acids is 1. The highest BCUT2D eigenvalue weighted by molar-refractivity contribution is 7.89. The number of aromatic nitrogens is 1. The zero-order valence-electron chi connectivity index (χ0n) is 14.5. The van der Waals surface area contributed by atoms with Gasteiger partial charge in [-0.25, -0.2) is 8.42 Å². The van der Waals surface area contributed by atoms with E-state index < -0.39 is 10.0 Å². The van der Waals surface area contributed by atoms with Crippen LogP contribution in [0.15, 0.2) is 41.6 Å². The Kier molecular flexibility index (Phi) is 4.64. The maximum Gasteiger partial charge on any atom is 0.243 e. The van der Waals surface area contributed by atoms with E-state index in [-0.39, 0.29) is 11.8 Å². The Hall–Kier alpha value is -2.03. The van der Waals surface area contributed by atoms with E-state index in [0.717, 1.165) is 18.5 Å². The minimum absolute atomic E-state index is 0.0451. The normalized spacial score (nSPS) is 19.9. The van der Waals surface area contributed by atoms with E-state index in [1.807, 2.05) is 11.0 Å². The van der Waals surface area contributed by atoms with E-state index in [4.69, 9.17) is 0 Å². The standard InChI is InChI=1S/C18H22N4O3S/c23-18(15-12-20-13-15)21-7-2-8-22(10-9-21)26(24,25)17-4-1-3-14-11-19-6-5-16(14)17/h1,3-6,11,15,20H,2,7-10,12-13H2. The Morgan fingerprint density at radius 1 is 1.12 bits per heavy atom. The van der Waals surface area contributed by atoms with Gasteiger partial charge in [-0.2, -0.15) is 4.31 Å². The van der Waals surface area contributed by atoms with Crippen LogP contribution in [0.4, 0.5) is 0 Å². The Labute approximate surface area is 153 Å². The third kappa shape index (κ3) is 3.08. The highest BCUT2D eigenvalue weighted by Crippen LogP contribution is 2.26. The van der Waals surface area contributed by atoms with Crippen LogP contribution < -0.4 is 5.32 Å². The van der Waals surface area contributed by atoms with Crippen molar-refractivity contribution in [3.63, 3.8) is 0 Å². The summed E-state index contributed by atoms with van der Waals surface area (Å²) in [5.41, 5.74) is 0. The fourth-order valence-electron chi connectivity index (χ4n) is 3.53. The molecule has 26 heavy (non-hydrogen) atoms. The first kappa shape index (κ1) is 17.4. The van der Waals surface area contributed by atoms with E-state index in [9.17, 15) is 13.2 Å². The van der Waals surface area contributed by atoms with Crippen molar-refractivity contribution in [3.8, 4) is 0 Å². The third-order valence-electron chi connectivity index (χ3n) is 5.16. The van der Waals surface area contributed by atoms with Crippen molar-refractivity contribution in [2.75, 3.05) is 39.3 Å². The molecule has 0 saturated carbocycles. The molecule has 1 aromatic heterocycles. The fraction of sp³-hybridized carbons (Fsp3) is 0.444. The number of hydrogen-bond donors (Lipinski definition) is 1. The molecule has 7 nitrogen and oxygen atoms in total. The highest BCUT2D eigenvalue weighted by atomic mass is 32.2. The number of nitrogens with one attached hydrogen (secondary N) is 1. The number of nitrogens with zero attached hydrogens (tertiary/aromatic N) is 3. The predicted octanol–water partition coefficient (Wildman–Crippen LogP) is 0.677. The molecule has 4 rings (SSSR count). The Morgan fingerprint density at radius 3 is 2.73 bits per heavy atom. The second-order valence-corrected chi connectivity index (χ2v) is 8.70. The van der Waals surface area contributed by atoms with Gasteiger partial charge in [0, 0.05) is 62.4 Å². The van der Waals surface area contributed by atoms with Gasteiger partial charge in [0.1, 0.15) is 0 Å². The number of amides is 1. The SMILES string of the molecule is O=C(C1CNC1)N1CCCN(S(=O)(=O)c2cccc3cnccc23)CC1. The maximum absolute atomic E-state index is 13.2. The first-order chi connectivity index (χ1) is 12.6. The lowest BCUT2D eigenvalue weighted by atomic mass is 10.0. The molecule has 2 aliphatic rings. The molecule has 1 aromatic carbocycles. The van der Waals surface area contributed by atoms with Gasteiger partial charge in [0.05, 0.1) is 10.8 Å². The molecule has 1 amide bonds. The van der Waals surface area contributed by atoms with E-state index >= 15 is 0 Å². The molecule has 0 aliphatic carbocycles. The summed E-state index contributed by atoms with van der Waals surface area (Å²) >= 11 is 0. The van der Waals surface area contributed by atoms with Crippen molar-refractivity contribution in [2.24, 2.45) is 5.92 Å². The molecule has 8 heteroatoms. The molecule has 0 spiro atoms. The van der Waals surface area contributed by atoms with Crippen LogP contribution in [0, 0.1) is 5.92 Å². The Balaban J connectivity index is 1.57. The summed E-state index contributed by atoms with van der Waals surface area (Å²) in [6.07, 6.45) is 3.93. The molecule has 0 atom stereocenters. The summed E-state index contributed by atoms with van der Waals surface area (Å²) in [7, 11) is -3.62. The van der Waals surface area contributed by atoms with Crippen LogP contribution in [0.5, 0.6) is 0 Å². The van der Waals surface area contributed by atoms with Crippen LogP contribution in [0.2, 0.25) is 0 Å². The zero-order valence-corrected chi connectivity index (χ0v) is 15.3. The van der Waals surface area contributed by atoms with Gasteiger partial charge in [0.2, 0.25) is 15.9 Å². The average Bonchev–Trinajstić information content (AvgIpc) is 2.86. The van der Waals surface area contributed by atoms with Gasteiger partial charge in [-0.1, -0.05) is 12.1 Å². The van der Waals surface area contributed by atoms with Crippen LogP contribution in [-0.4, -0.2) is 67.8 Å². The van der Waals surface area contributed by atoms with E-state index in [1.54, 1.807) is 30.6 Å². The molecule has 3 heterocycles. The van der Waals surface area contributed by atoms with Gasteiger partial charge >= 0.3 is 0 Å². The molecule has 1 N–H and O–H groups in total. The number of fused-ring (bicyclic) bond motifs is 1. The van der Waals surface area contributed by atoms with E-state index in [1.165, 1.54) is 4.31 Å². The van der Waals surface area contributed by atoms with Crippen LogP contribution in [0.25, 0.3) is 10.8 Å². The third-order valence-corrected chi connectivity index (χ3v) is 7.11. The summed E-state index contributed by atoms with van der Waals surface area (Å²) in [6.45, 7) is 3.26. The number of sulfonamides is 1. The van der Waals surface area contributed by atoms with Crippen molar-refractivity contribution >= 4 is 26.7 Å². The molecule has 138 valence electrons. The number of rotatable bonds is 3. The minimum atomic E-state index is -3.62. The molecule has 0 bridgehead atoms. The first-order valence-electron chi connectivity index (χ1n) is 8.90. The van der Waals surface area contributed by atoms with Gasteiger partial charge in [-0.05, 0) is 18.6 Å². The predicted molar refractivity (Wildman–Crippen MR) is 98.1 cm³/mol. The van der Waals surface area contributed by atoms with Crippen molar-refractivity contribution in [3.05, 3.63) is 36.7 Å². The molecule has 0 radical (unpaired) electrons. The van der Waals surface area contributed by atoms with Gasteiger partial charge in [0.25, 0.3) is 0 Å². The topological polar surface area (TPSA) is 82.6 Å². The molecule has 2 aromatic rings. The van der Waals surface area contributed by atoms with Crippen LogP contribution in [0.1, 0.15) is 6.42 Å². The molecule has 2 aliphatic heterocycles. The van der Waals surface area contributed by atoms with Gasteiger partial charge < -0.3 is 10.2 Å². The average molecular weight is 374 g/mol. The second-order valence-electron chi connectivity index (χ2n) is 6.79. The lowest BCUT2D eigenvalue weighted by Crippen LogP contribution is -2.52. The Bertz CT molecular complexity index is 922. The van der Waals surface area contributed by atoms with E-state index in [2.05, 4.69) is 10.3 Å². The Morgan fingerprint density at radius 2 is 1.96 bits per heavy atom. The molecule has 2 saturated heterocycles. The maximum atomic E-state index is 13.2. The smallest absolute Gasteiger partial charge is 0.243 e. The molecular weight excluding hydrogens is 352 g/mol. The lowest BCUT2D eigenvalue weighted by Gasteiger charge is -2.31. The largest absolute Gasteiger partial charge is 0.341 e. The quantitative estimate of drug-likeness (QED) is 0.854. The minimum Gasteiger partial charge on any atom is -0.341 e. The zero-order chi connectivity index (χ0) is 18.1. The van der Waals surface area contributed by atoms with Crippen molar-refractivity contribution < 1.29 is 13.2 Å². The monoisotopic (exact) mass is 374 g/mol.